The van der Waals surface area contributed by atoms with Crippen molar-refractivity contribution < 1.29 is 9.47 Å². The maximum absolute atomic E-state index is 6.30. The van der Waals surface area contributed by atoms with Crippen molar-refractivity contribution in [2.45, 2.75) is 26.2 Å². The molecule has 2 aliphatic carbocycles. The van der Waals surface area contributed by atoms with Crippen LogP contribution in [0.2, 0.25) is 0 Å². The van der Waals surface area contributed by atoms with Gasteiger partial charge >= 0.3 is 0 Å². The Labute approximate surface area is 131 Å². The van der Waals surface area contributed by atoms with Crippen LogP contribution in [0.4, 0.5) is 0 Å². The van der Waals surface area contributed by atoms with Crippen LogP contribution in [0.3, 0.4) is 0 Å². The van der Waals surface area contributed by atoms with Gasteiger partial charge in [-0.1, -0.05) is 36.4 Å². The number of benzene rings is 2. The predicted octanol–water partition coefficient (Wildman–Crippen LogP) is 5.21. The molecule has 0 bridgehead atoms. The monoisotopic (exact) mass is 292 g/mol. The van der Waals surface area contributed by atoms with Crippen molar-refractivity contribution in [2.24, 2.45) is 5.92 Å². The number of hydrogen-bond donors (Lipinski definition) is 0. The molecule has 2 nitrogen and oxygen atoms in total. The largest absolute Gasteiger partial charge is 0.497 e. The standard InChI is InChI=1S/C20H20O2/c1-2-21-19-13-20(17-11-6-10-16(17)19)22-18-12-5-8-14-7-3-4-9-15(14)18/h3-5,7-9,12-13,16H,2,6,10-11H2,1H3/t16-/m1/s1. The Bertz CT molecular complexity index is 765. The molecule has 2 heteroatoms. The van der Waals surface area contributed by atoms with E-state index in [9.17, 15) is 0 Å². The van der Waals surface area contributed by atoms with E-state index in [0.717, 1.165) is 35.7 Å². The van der Waals surface area contributed by atoms with Gasteiger partial charge < -0.3 is 9.47 Å². The molecule has 22 heavy (non-hydrogen) atoms. The van der Waals surface area contributed by atoms with Gasteiger partial charge in [0.2, 0.25) is 0 Å². The van der Waals surface area contributed by atoms with Gasteiger partial charge in [0.25, 0.3) is 0 Å². The summed E-state index contributed by atoms with van der Waals surface area (Å²) < 4.78 is 12.1. The lowest BCUT2D eigenvalue weighted by Crippen LogP contribution is -2.01. The van der Waals surface area contributed by atoms with Gasteiger partial charge in [-0.3, -0.25) is 0 Å². The van der Waals surface area contributed by atoms with E-state index in [1.54, 1.807) is 0 Å². The second-order valence-corrected chi connectivity index (χ2v) is 5.89. The lowest BCUT2D eigenvalue weighted by Gasteiger charge is -2.11. The first kappa shape index (κ1) is 13.4. The van der Waals surface area contributed by atoms with Gasteiger partial charge in [0, 0.05) is 17.4 Å². The summed E-state index contributed by atoms with van der Waals surface area (Å²) in [6.07, 6.45) is 5.64. The Kier molecular flexibility index (Phi) is 3.38. The average Bonchev–Trinajstić information content (AvgIpc) is 3.13. The molecule has 0 radical (unpaired) electrons. The summed E-state index contributed by atoms with van der Waals surface area (Å²) in [7, 11) is 0. The van der Waals surface area contributed by atoms with Gasteiger partial charge in [-0.2, -0.15) is 0 Å². The normalized spacial score (nSPS) is 20.2. The summed E-state index contributed by atoms with van der Waals surface area (Å²) in [4.78, 5) is 0. The van der Waals surface area contributed by atoms with Crippen molar-refractivity contribution in [3.05, 3.63) is 65.6 Å². The van der Waals surface area contributed by atoms with Crippen molar-refractivity contribution >= 4 is 10.8 Å². The average molecular weight is 292 g/mol. The molecule has 0 unspecified atom stereocenters. The molecule has 0 amide bonds. The highest BCUT2D eigenvalue weighted by atomic mass is 16.5. The third-order valence-electron chi connectivity index (χ3n) is 4.57. The summed E-state index contributed by atoms with van der Waals surface area (Å²) in [5.74, 6) is 3.47. The molecule has 0 aromatic heterocycles. The van der Waals surface area contributed by atoms with E-state index in [2.05, 4.69) is 42.5 Å². The van der Waals surface area contributed by atoms with E-state index < -0.39 is 0 Å². The quantitative estimate of drug-likeness (QED) is 0.770. The zero-order valence-corrected chi connectivity index (χ0v) is 12.8. The molecule has 1 saturated carbocycles. The van der Waals surface area contributed by atoms with E-state index in [-0.39, 0.29) is 0 Å². The fourth-order valence-corrected chi connectivity index (χ4v) is 3.58. The van der Waals surface area contributed by atoms with Crippen LogP contribution in [-0.4, -0.2) is 6.61 Å². The van der Waals surface area contributed by atoms with Gasteiger partial charge in [0.1, 0.15) is 17.3 Å². The molecule has 1 atom stereocenters. The lowest BCUT2D eigenvalue weighted by atomic mass is 10.1. The first-order valence-electron chi connectivity index (χ1n) is 8.10. The minimum Gasteiger partial charge on any atom is -0.497 e. The zero-order valence-electron chi connectivity index (χ0n) is 12.8. The van der Waals surface area contributed by atoms with Crippen molar-refractivity contribution in [1.82, 2.24) is 0 Å². The number of ether oxygens (including phenoxy) is 2. The molecule has 2 aromatic rings. The number of hydrogen-bond acceptors (Lipinski definition) is 2. The van der Waals surface area contributed by atoms with Crippen LogP contribution in [0.1, 0.15) is 26.2 Å². The number of fused-ring (bicyclic) bond motifs is 2. The molecule has 2 aliphatic rings. The maximum atomic E-state index is 6.30. The summed E-state index contributed by atoms with van der Waals surface area (Å²) >= 11 is 0. The van der Waals surface area contributed by atoms with Crippen LogP contribution in [0.5, 0.6) is 5.75 Å². The second kappa shape index (κ2) is 5.53. The van der Waals surface area contributed by atoms with E-state index in [0.29, 0.717) is 5.92 Å². The van der Waals surface area contributed by atoms with Gasteiger partial charge in [-0.25, -0.2) is 0 Å². The Balaban J connectivity index is 1.71. The van der Waals surface area contributed by atoms with E-state index in [1.165, 1.54) is 23.8 Å². The Morgan fingerprint density at radius 2 is 1.95 bits per heavy atom. The SMILES string of the molecule is CCOC1=CC(Oc2cccc3ccccc23)=C2CCC[C@@H]12. The molecular weight excluding hydrogens is 272 g/mol. The van der Waals surface area contributed by atoms with Crippen molar-refractivity contribution in [2.75, 3.05) is 6.61 Å². The highest BCUT2D eigenvalue weighted by molar-refractivity contribution is 5.88. The Hall–Kier alpha value is -2.22. The zero-order chi connectivity index (χ0) is 14.9. The summed E-state index contributed by atoms with van der Waals surface area (Å²) in [5.41, 5.74) is 1.41. The van der Waals surface area contributed by atoms with Crippen molar-refractivity contribution in [3.8, 4) is 5.75 Å². The molecule has 2 aromatic carbocycles. The first-order valence-corrected chi connectivity index (χ1v) is 8.10. The van der Waals surface area contributed by atoms with E-state index >= 15 is 0 Å². The van der Waals surface area contributed by atoms with Gasteiger partial charge in [0.05, 0.1) is 6.61 Å². The van der Waals surface area contributed by atoms with Crippen molar-refractivity contribution in [1.29, 1.82) is 0 Å². The van der Waals surface area contributed by atoms with Crippen LogP contribution in [0, 0.1) is 5.92 Å². The maximum Gasteiger partial charge on any atom is 0.135 e. The smallest absolute Gasteiger partial charge is 0.135 e. The summed E-state index contributed by atoms with van der Waals surface area (Å²) in [6.45, 7) is 2.76. The fraction of sp³-hybridized carbons (Fsp3) is 0.300. The molecular formula is C20H20O2. The number of allylic oxidation sites excluding steroid dienone is 2. The van der Waals surface area contributed by atoms with Crippen molar-refractivity contribution in [3.63, 3.8) is 0 Å². The number of rotatable bonds is 4. The minimum atomic E-state index is 0.449. The highest BCUT2D eigenvalue weighted by Gasteiger charge is 2.34. The van der Waals surface area contributed by atoms with Gasteiger partial charge in [0.15, 0.2) is 0 Å². The Morgan fingerprint density at radius 1 is 1.09 bits per heavy atom. The molecule has 4 rings (SSSR count). The second-order valence-electron chi connectivity index (χ2n) is 5.89. The van der Waals surface area contributed by atoms with Crippen LogP contribution in [0.15, 0.2) is 65.6 Å². The lowest BCUT2D eigenvalue weighted by molar-refractivity contribution is 0.203. The molecule has 0 saturated heterocycles. The summed E-state index contributed by atoms with van der Waals surface area (Å²) in [5, 5.41) is 2.37. The molecule has 1 fully saturated rings. The van der Waals surface area contributed by atoms with E-state index in [1.807, 2.05) is 13.0 Å². The van der Waals surface area contributed by atoms with Gasteiger partial charge in [-0.15, -0.1) is 0 Å². The topological polar surface area (TPSA) is 18.5 Å². The molecule has 112 valence electrons. The third-order valence-corrected chi connectivity index (χ3v) is 4.57. The highest BCUT2D eigenvalue weighted by Crippen LogP contribution is 2.44. The van der Waals surface area contributed by atoms with Crippen LogP contribution >= 0.6 is 0 Å². The van der Waals surface area contributed by atoms with Crippen LogP contribution in [-0.2, 0) is 4.74 Å². The first-order chi connectivity index (χ1) is 10.9. The predicted molar refractivity (Wildman–Crippen MR) is 88.7 cm³/mol. The fourth-order valence-electron chi connectivity index (χ4n) is 3.58. The molecule has 0 aliphatic heterocycles. The Morgan fingerprint density at radius 3 is 2.86 bits per heavy atom. The summed E-state index contributed by atoms with van der Waals surface area (Å²) in [6, 6.07) is 14.6. The molecule has 0 spiro atoms. The van der Waals surface area contributed by atoms with Gasteiger partial charge in [-0.05, 0) is 43.2 Å². The van der Waals surface area contributed by atoms with Crippen LogP contribution < -0.4 is 4.74 Å². The van der Waals surface area contributed by atoms with E-state index in [4.69, 9.17) is 9.47 Å². The molecule has 0 heterocycles. The third kappa shape index (κ3) is 2.19. The molecule has 0 N–H and O–H groups in total. The minimum absolute atomic E-state index is 0.449. The van der Waals surface area contributed by atoms with Crippen LogP contribution in [0.25, 0.3) is 10.8 Å².